The quantitative estimate of drug-likeness (QED) is 0.285. The number of hydrogen-bond acceptors (Lipinski definition) is 4. The zero-order valence-electron chi connectivity index (χ0n) is 6.41. The Kier molecular flexibility index (Phi) is 2.46. The predicted molar refractivity (Wildman–Crippen MR) is 38.6 cm³/mol. The van der Waals surface area contributed by atoms with Crippen LogP contribution >= 0.6 is 0 Å². The van der Waals surface area contributed by atoms with E-state index in [2.05, 4.69) is 9.89 Å². The van der Waals surface area contributed by atoms with Crippen LogP contribution in [0.2, 0.25) is 0 Å². The Balaban J connectivity index is 2.47. The van der Waals surface area contributed by atoms with Crippen molar-refractivity contribution < 1.29 is 14.7 Å². The van der Waals surface area contributed by atoms with E-state index in [1.54, 1.807) is 6.92 Å². The van der Waals surface area contributed by atoms with Crippen LogP contribution in [-0.2, 0) is 9.53 Å². The van der Waals surface area contributed by atoms with Gasteiger partial charge >= 0.3 is 5.97 Å². The van der Waals surface area contributed by atoms with E-state index >= 15 is 0 Å². The molecule has 0 atom stereocenters. The summed E-state index contributed by atoms with van der Waals surface area (Å²) in [5.74, 6) is -0.350. The highest BCUT2D eigenvalue weighted by Gasteiger charge is 2.33. The zero-order valence-corrected chi connectivity index (χ0v) is 6.41. The lowest BCUT2D eigenvalue weighted by molar-refractivity contribution is -0.135. The normalized spacial score (nSPS) is 18.1. The number of rotatable bonds is 3. The highest BCUT2D eigenvalue weighted by Crippen LogP contribution is 2.30. The molecule has 0 saturated heterocycles. The molecule has 0 heterocycles. The highest BCUT2D eigenvalue weighted by molar-refractivity contribution is 6.37. The molecule has 4 heteroatoms. The van der Waals surface area contributed by atoms with Crippen LogP contribution in [0.25, 0.3) is 0 Å². The van der Waals surface area contributed by atoms with Crippen molar-refractivity contribution in [2.75, 3.05) is 6.61 Å². The smallest absolute Gasteiger partial charge is 0.356 e. The van der Waals surface area contributed by atoms with Gasteiger partial charge in [-0.25, -0.2) is 4.79 Å². The Morgan fingerprint density at radius 3 is 2.73 bits per heavy atom. The molecule has 1 N–H and O–H groups in total. The monoisotopic (exact) mass is 157 g/mol. The Labute approximate surface area is 64.8 Å². The zero-order chi connectivity index (χ0) is 8.27. The molecule has 1 aliphatic carbocycles. The molecule has 1 rings (SSSR count). The van der Waals surface area contributed by atoms with Crippen molar-refractivity contribution in [1.29, 1.82) is 0 Å². The summed E-state index contributed by atoms with van der Waals surface area (Å²) in [6.07, 6.45) is 1.86. The van der Waals surface area contributed by atoms with Crippen LogP contribution in [0, 0.1) is 5.92 Å². The first-order valence-corrected chi connectivity index (χ1v) is 3.68. The van der Waals surface area contributed by atoms with Crippen molar-refractivity contribution in [3.63, 3.8) is 0 Å². The fourth-order valence-corrected chi connectivity index (χ4v) is 0.851. The first kappa shape index (κ1) is 8.04. The van der Waals surface area contributed by atoms with E-state index in [1.165, 1.54) is 0 Å². The summed E-state index contributed by atoms with van der Waals surface area (Å²) in [5, 5.41) is 11.3. The Hall–Kier alpha value is -1.06. The summed E-state index contributed by atoms with van der Waals surface area (Å²) < 4.78 is 4.67. The Morgan fingerprint density at radius 2 is 2.36 bits per heavy atom. The van der Waals surface area contributed by atoms with E-state index in [4.69, 9.17) is 5.21 Å². The molecule has 62 valence electrons. The van der Waals surface area contributed by atoms with Gasteiger partial charge in [0.25, 0.3) is 0 Å². The number of carbonyl (C=O) groups is 1. The van der Waals surface area contributed by atoms with Gasteiger partial charge < -0.3 is 9.94 Å². The van der Waals surface area contributed by atoms with Crippen LogP contribution in [0.5, 0.6) is 0 Å². The SMILES string of the molecule is CCOC(=O)C(=NO)C1CC1. The number of ether oxygens (including phenoxy) is 1. The molecule has 4 nitrogen and oxygen atoms in total. The van der Waals surface area contributed by atoms with E-state index in [0.29, 0.717) is 6.61 Å². The second-order valence-electron chi connectivity index (χ2n) is 2.48. The number of carbonyl (C=O) groups excluding carboxylic acids is 1. The third kappa shape index (κ3) is 1.93. The second-order valence-corrected chi connectivity index (χ2v) is 2.48. The lowest BCUT2D eigenvalue weighted by atomic mass is 10.2. The number of oxime groups is 1. The molecule has 0 unspecified atom stereocenters. The van der Waals surface area contributed by atoms with Crippen LogP contribution in [0.15, 0.2) is 5.16 Å². The maximum atomic E-state index is 10.9. The minimum absolute atomic E-state index is 0.138. The molecule has 11 heavy (non-hydrogen) atoms. The van der Waals surface area contributed by atoms with Crippen LogP contribution in [-0.4, -0.2) is 23.5 Å². The third-order valence-corrected chi connectivity index (χ3v) is 1.56. The van der Waals surface area contributed by atoms with Gasteiger partial charge in [0.2, 0.25) is 0 Å². The van der Waals surface area contributed by atoms with Crippen molar-refractivity contribution in [2.45, 2.75) is 19.8 Å². The first-order valence-electron chi connectivity index (χ1n) is 3.68. The van der Waals surface area contributed by atoms with Crippen molar-refractivity contribution in [2.24, 2.45) is 11.1 Å². The summed E-state index contributed by atoms with van der Waals surface area (Å²) in [6.45, 7) is 2.05. The van der Waals surface area contributed by atoms with Gasteiger partial charge in [0.15, 0.2) is 5.71 Å². The van der Waals surface area contributed by atoms with E-state index in [1.807, 2.05) is 0 Å². The lowest BCUT2D eigenvalue weighted by Gasteiger charge is -2.00. The molecule has 0 bridgehead atoms. The van der Waals surface area contributed by atoms with Gasteiger partial charge in [0.05, 0.1) is 6.61 Å². The number of hydrogen-bond donors (Lipinski definition) is 1. The molecule has 0 spiro atoms. The van der Waals surface area contributed by atoms with E-state index < -0.39 is 5.97 Å². The highest BCUT2D eigenvalue weighted by atomic mass is 16.5. The van der Waals surface area contributed by atoms with Gasteiger partial charge in [0.1, 0.15) is 0 Å². The van der Waals surface area contributed by atoms with Crippen LogP contribution in [0.3, 0.4) is 0 Å². The molecular formula is C7H11NO3. The van der Waals surface area contributed by atoms with Crippen molar-refractivity contribution in [3.05, 3.63) is 0 Å². The fraction of sp³-hybridized carbons (Fsp3) is 0.714. The molecule has 1 fully saturated rings. The van der Waals surface area contributed by atoms with Gasteiger partial charge in [-0.1, -0.05) is 5.16 Å². The minimum atomic E-state index is -0.488. The summed E-state index contributed by atoms with van der Waals surface area (Å²) >= 11 is 0. The Morgan fingerprint density at radius 1 is 1.73 bits per heavy atom. The Bertz CT molecular complexity index is 184. The molecule has 0 radical (unpaired) electrons. The second kappa shape index (κ2) is 3.37. The van der Waals surface area contributed by atoms with E-state index in [9.17, 15) is 4.79 Å². The summed E-state index contributed by atoms with van der Waals surface area (Å²) in [5.41, 5.74) is 0.173. The molecule has 0 aromatic carbocycles. The van der Waals surface area contributed by atoms with Gasteiger partial charge in [-0.05, 0) is 19.8 Å². The van der Waals surface area contributed by atoms with Crippen LogP contribution < -0.4 is 0 Å². The largest absolute Gasteiger partial charge is 0.461 e. The van der Waals surface area contributed by atoms with Gasteiger partial charge in [-0.2, -0.15) is 0 Å². The molecular weight excluding hydrogens is 146 g/mol. The fourth-order valence-electron chi connectivity index (χ4n) is 0.851. The summed E-state index contributed by atoms with van der Waals surface area (Å²) in [4.78, 5) is 10.9. The molecule has 0 aromatic rings. The summed E-state index contributed by atoms with van der Waals surface area (Å²) in [6, 6.07) is 0. The van der Waals surface area contributed by atoms with Gasteiger partial charge in [0, 0.05) is 5.92 Å². The standard InChI is InChI=1S/C7H11NO3/c1-2-11-7(9)6(8-10)5-3-4-5/h5,10H,2-4H2,1H3. The van der Waals surface area contributed by atoms with E-state index in [-0.39, 0.29) is 11.6 Å². The van der Waals surface area contributed by atoms with Crippen LogP contribution in [0.1, 0.15) is 19.8 Å². The summed E-state index contributed by atoms with van der Waals surface area (Å²) in [7, 11) is 0. The van der Waals surface area contributed by atoms with Crippen molar-refractivity contribution in [3.8, 4) is 0 Å². The molecule has 0 aromatic heterocycles. The van der Waals surface area contributed by atoms with Crippen molar-refractivity contribution in [1.82, 2.24) is 0 Å². The number of esters is 1. The van der Waals surface area contributed by atoms with Gasteiger partial charge in [-0.15, -0.1) is 0 Å². The van der Waals surface area contributed by atoms with Crippen molar-refractivity contribution >= 4 is 11.7 Å². The maximum Gasteiger partial charge on any atom is 0.356 e. The third-order valence-electron chi connectivity index (χ3n) is 1.56. The molecule has 0 amide bonds. The number of nitrogens with zero attached hydrogens (tertiary/aromatic N) is 1. The van der Waals surface area contributed by atoms with Crippen LogP contribution in [0.4, 0.5) is 0 Å². The molecule has 1 saturated carbocycles. The predicted octanol–water partition coefficient (Wildman–Crippen LogP) is 0.790. The van der Waals surface area contributed by atoms with E-state index in [0.717, 1.165) is 12.8 Å². The lowest BCUT2D eigenvalue weighted by Crippen LogP contribution is -2.19. The average molecular weight is 157 g/mol. The first-order chi connectivity index (χ1) is 5.29. The topological polar surface area (TPSA) is 58.9 Å². The molecule has 0 aliphatic heterocycles. The van der Waals surface area contributed by atoms with Gasteiger partial charge in [-0.3, -0.25) is 0 Å². The minimum Gasteiger partial charge on any atom is -0.461 e. The average Bonchev–Trinajstić information content (AvgIpc) is 2.73. The molecule has 1 aliphatic rings. The maximum absolute atomic E-state index is 10.9.